The van der Waals surface area contributed by atoms with Crippen LogP contribution in [0, 0.1) is 6.92 Å². The van der Waals surface area contributed by atoms with Gasteiger partial charge in [-0.3, -0.25) is 0 Å². The average molecular weight is 220 g/mol. The molecule has 80 valence electrons. The van der Waals surface area contributed by atoms with Crippen LogP contribution in [0.25, 0.3) is 0 Å². The van der Waals surface area contributed by atoms with Gasteiger partial charge in [-0.15, -0.1) is 0 Å². The Labute approximate surface area is 96.1 Å². The van der Waals surface area contributed by atoms with E-state index in [1.165, 1.54) is 37.2 Å². The molecule has 1 aromatic rings. The summed E-state index contributed by atoms with van der Waals surface area (Å²) in [6.45, 7) is 4.41. The molecule has 0 saturated carbocycles. The van der Waals surface area contributed by atoms with E-state index in [-0.39, 0.29) is 0 Å². The summed E-state index contributed by atoms with van der Waals surface area (Å²) < 4.78 is 0. The topological polar surface area (TPSA) is 29.3 Å². The Kier molecular flexibility index (Phi) is 2.91. The van der Waals surface area contributed by atoms with Crippen molar-refractivity contribution in [2.24, 2.45) is 5.73 Å². The van der Waals surface area contributed by atoms with Crippen molar-refractivity contribution in [3.8, 4) is 0 Å². The molecule has 1 aromatic carbocycles. The van der Waals surface area contributed by atoms with E-state index in [0.29, 0.717) is 4.99 Å². The molecule has 1 fully saturated rings. The smallest absolute Gasteiger partial charge is 0.104 e. The Bertz CT molecular complexity index is 381. The molecule has 0 amide bonds. The quantitative estimate of drug-likeness (QED) is 0.775. The highest BCUT2D eigenvalue weighted by atomic mass is 32.1. The molecule has 15 heavy (non-hydrogen) atoms. The molecule has 0 bridgehead atoms. The van der Waals surface area contributed by atoms with E-state index in [1.54, 1.807) is 0 Å². The number of anilines is 1. The van der Waals surface area contributed by atoms with Crippen molar-refractivity contribution in [2.45, 2.75) is 19.8 Å². The Hall–Kier alpha value is -1.09. The zero-order chi connectivity index (χ0) is 10.8. The van der Waals surface area contributed by atoms with Gasteiger partial charge in [-0.2, -0.15) is 0 Å². The predicted molar refractivity (Wildman–Crippen MR) is 68.5 cm³/mol. The van der Waals surface area contributed by atoms with Crippen molar-refractivity contribution in [3.05, 3.63) is 29.3 Å². The maximum absolute atomic E-state index is 5.64. The number of aryl methyl sites for hydroxylation is 1. The third-order valence-electron chi connectivity index (χ3n) is 2.95. The van der Waals surface area contributed by atoms with Crippen molar-refractivity contribution >= 4 is 22.9 Å². The number of hydrogen-bond donors (Lipinski definition) is 1. The number of nitrogens with zero attached hydrogens (tertiary/aromatic N) is 1. The van der Waals surface area contributed by atoms with Crippen LogP contribution in [0.5, 0.6) is 0 Å². The highest BCUT2D eigenvalue weighted by Gasteiger charge is 2.13. The second-order valence-electron chi connectivity index (χ2n) is 4.06. The van der Waals surface area contributed by atoms with Crippen LogP contribution in [-0.4, -0.2) is 18.1 Å². The minimum atomic E-state index is 0.487. The van der Waals surface area contributed by atoms with Gasteiger partial charge in [0.15, 0.2) is 0 Å². The summed E-state index contributed by atoms with van der Waals surface area (Å²) >= 11 is 4.99. The molecule has 0 aromatic heterocycles. The molecular formula is C12H16N2S. The normalized spacial score (nSPS) is 15.7. The van der Waals surface area contributed by atoms with Crippen LogP contribution in [0.1, 0.15) is 24.0 Å². The highest BCUT2D eigenvalue weighted by Crippen LogP contribution is 2.22. The van der Waals surface area contributed by atoms with E-state index in [0.717, 1.165) is 5.56 Å². The van der Waals surface area contributed by atoms with Crippen molar-refractivity contribution in [1.82, 2.24) is 0 Å². The second-order valence-corrected chi connectivity index (χ2v) is 4.50. The van der Waals surface area contributed by atoms with Gasteiger partial charge in [0, 0.05) is 24.3 Å². The van der Waals surface area contributed by atoms with E-state index >= 15 is 0 Å². The van der Waals surface area contributed by atoms with Crippen molar-refractivity contribution in [1.29, 1.82) is 0 Å². The van der Waals surface area contributed by atoms with Crippen LogP contribution in [-0.2, 0) is 0 Å². The zero-order valence-electron chi connectivity index (χ0n) is 8.99. The van der Waals surface area contributed by atoms with Crippen molar-refractivity contribution < 1.29 is 0 Å². The maximum atomic E-state index is 5.64. The highest BCUT2D eigenvalue weighted by molar-refractivity contribution is 7.80. The van der Waals surface area contributed by atoms with Gasteiger partial charge in [0.2, 0.25) is 0 Å². The van der Waals surface area contributed by atoms with Crippen molar-refractivity contribution in [3.63, 3.8) is 0 Å². The lowest BCUT2D eigenvalue weighted by Gasteiger charge is -2.18. The summed E-state index contributed by atoms with van der Waals surface area (Å²) in [5, 5.41) is 0. The first-order valence-corrected chi connectivity index (χ1v) is 5.75. The molecule has 1 aliphatic rings. The fourth-order valence-electron chi connectivity index (χ4n) is 2.10. The van der Waals surface area contributed by atoms with Crippen LogP contribution in [0.2, 0.25) is 0 Å². The molecule has 3 heteroatoms. The number of rotatable bonds is 2. The summed E-state index contributed by atoms with van der Waals surface area (Å²) in [7, 11) is 0. The number of thiocarbonyl (C=S) groups is 1. The first-order valence-electron chi connectivity index (χ1n) is 5.34. The minimum Gasteiger partial charge on any atom is -0.389 e. The summed E-state index contributed by atoms with van der Waals surface area (Å²) in [4.78, 5) is 2.90. The van der Waals surface area contributed by atoms with Gasteiger partial charge in [0.25, 0.3) is 0 Å². The molecule has 0 radical (unpaired) electrons. The van der Waals surface area contributed by atoms with Crippen molar-refractivity contribution in [2.75, 3.05) is 18.0 Å². The minimum absolute atomic E-state index is 0.487. The Morgan fingerprint density at radius 2 is 2.00 bits per heavy atom. The largest absolute Gasteiger partial charge is 0.389 e. The molecule has 2 nitrogen and oxygen atoms in total. The zero-order valence-corrected chi connectivity index (χ0v) is 9.81. The van der Waals surface area contributed by atoms with Crippen LogP contribution in [0.4, 0.5) is 5.69 Å². The van der Waals surface area contributed by atoms with Crippen LogP contribution in [0.3, 0.4) is 0 Å². The summed E-state index contributed by atoms with van der Waals surface area (Å²) in [5.41, 5.74) is 9.10. The van der Waals surface area contributed by atoms with E-state index < -0.39 is 0 Å². The Morgan fingerprint density at radius 3 is 2.53 bits per heavy atom. The molecule has 2 rings (SSSR count). The average Bonchev–Trinajstić information content (AvgIpc) is 2.69. The first kappa shape index (κ1) is 10.4. The molecule has 1 aliphatic heterocycles. The second kappa shape index (κ2) is 4.19. The van der Waals surface area contributed by atoms with Gasteiger partial charge < -0.3 is 10.6 Å². The lowest BCUT2D eigenvalue weighted by atomic mass is 10.1. The molecule has 0 unspecified atom stereocenters. The lowest BCUT2D eigenvalue weighted by molar-refractivity contribution is 0.949. The molecule has 1 heterocycles. The Balaban J connectivity index is 2.28. The van der Waals surface area contributed by atoms with E-state index in [4.69, 9.17) is 18.0 Å². The van der Waals surface area contributed by atoms with E-state index in [9.17, 15) is 0 Å². The third-order valence-corrected chi connectivity index (χ3v) is 3.17. The monoisotopic (exact) mass is 220 g/mol. The predicted octanol–water partition coefficient (Wildman–Crippen LogP) is 2.23. The van der Waals surface area contributed by atoms with Gasteiger partial charge in [-0.05, 0) is 43.5 Å². The molecule has 1 saturated heterocycles. The van der Waals surface area contributed by atoms with Crippen LogP contribution >= 0.6 is 12.2 Å². The molecule has 0 aliphatic carbocycles. The lowest BCUT2D eigenvalue weighted by Crippen LogP contribution is -2.18. The molecule has 0 atom stereocenters. The van der Waals surface area contributed by atoms with Crippen LogP contribution in [0.15, 0.2) is 18.2 Å². The molecule has 0 spiro atoms. The van der Waals surface area contributed by atoms with Gasteiger partial charge in [-0.1, -0.05) is 12.2 Å². The standard InChI is InChI=1S/C12H16N2S/c1-9-8-10(14-6-2-3-7-14)4-5-11(9)12(13)15/h4-5,8H,2-3,6-7H2,1H3,(H2,13,15). The van der Waals surface area contributed by atoms with Gasteiger partial charge in [-0.25, -0.2) is 0 Å². The fraction of sp³-hybridized carbons (Fsp3) is 0.417. The maximum Gasteiger partial charge on any atom is 0.104 e. The SMILES string of the molecule is Cc1cc(N2CCCC2)ccc1C(N)=S. The third kappa shape index (κ3) is 2.12. The van der Waals surface area contributed by atoms with Crippen LogP contribution < -0.4 is 10.6 Å². The van der Waals surface area contributed by atoms with Gasteiger partial charge in [0.1, 0.15) is 4.99 Å². The first-order chi connectivity index (χ1) is 7.18. The van der Waals surface area contributed by atoms with E-state index in [1.807, 2.05) is 6.07 Å². The number of hydrogen-bond acceptors (Lipinski definition) is 2. The van der Waals surface area contributed by atoms with E-state index in [2.05, 4.69) is 24.0 Å². The van der Waals surface area contributed by atoms with Gasteiger partial charge in [0.05, 0.1) is 0 Å². The number of benzene rings is 1. The number of nitrogens with two attached hydrogens (primary N) is 1. The molecule has 2 N–H and O–H groups in total. The van der Waals surface area contributed by atoms with Gasteiger partial charge >= 0.3 is 0 Å². The Morgan fingerprint density at radius 1 is 1.33 bits per heavy atom. The fourth-order valence-corrected chi connectivity index (χ4v) is 2.33. The summed E-state index contributed by atoms with van der Waals surface area (Å²) in [5.74, 6) is 0. The summed E-state index contributed by atoms with van der Waals surface area (Å²) in [6.07, 6.45) is 2.60. The summed E-state index contributed by atoms with van der Waals surface area (Å²) in [6, 6.07) is 6.33. The molecular weight excluding hydrogens is 204 g/mol.